The van der Waals surface area contributed by atoms with Gasteiger partial charge in [0.15, 0.2) is 0 Å². The summed E-state index contributed by atoms with van der Waals surface area (Å²) in [5.74, 6) is 0.907. The lowest BCUT2D eigenvalue weighted by Crippen LogP contribution is -1.95. The molecule has 0 aromatic carbocycles. The fourth-order valence-corrected chi connectivity index (χ4v) is 1.82. The molecule has 68 valence electrons. The van der Waals surface area contributed by atoms with Crippen LogP contribution in [0.15, 0.2) is 29.0 Å². The number of hydrogen-bond donors (Lipinski definition) is 0. The Balaban J connectivity index is 2.63. The van der Waals surface area contributed by atoms with Crippen molar-refractivity contribution in [2.45, 2.75) is 6.61 Å². The second-order valence-electron chi connectivity index (χ2n) is 2.71. The molecule has 0 atom stereocenters. The highest BCUT2D eigenvalue weighted by molar-refractivity contribution is 9.10. The van der Waals surface area contributed by atoms with E-state index in [4.69, 9.17) is 4.74 Å². The van der Waals surface area contributed by atoms with E-state index in [0.29, 0.717) is 6.61 Å². The highest BCUT2D eigenvalue weighted by atomic mass is 79.9. The van der Waals surface area contributed by atoms with Crippen LogP contribution in [0.25, 0.3) is 5.52 Å². The molecule has 0 unspecified atom stereocenters. The van der Waals surface area contributed by atoms with E-state index in [0.717, 1.165) is 15.9 Å². The van der Waals surface area contributed by atoms with Crippen molar-refractivity contribution >= 4 is 21.4 Å². The van der Waals surface area contributed by atoms with E-state index in [9.17, 15) is 0 Å². The summed E-state index contributed by atoms with van der Waals surface area (Å²) in [5, 5.41) is 0. The number of aromatic nitrogens is 2. The van der Waals surface area contributed by atoms with E-state index in [-0.39, 0.29) is 0 Å². The Hall–Kier alpha value is -0.870. The number of halogens is 1. The van der Waals surface area contributed by atoms with Gasteiger partial charge in [0.2, 0.25) is 0 Å². The van der Waals surface area contributed by atoms with Crippen molar-refractivity contribution in [1.82, 2.24) is 9.38 Å². The van der Waals surface area contributed by atoms with Gasteiger partial charge in [-0.25, -0.2) is 4.98 Å². The lowest BCUT2D eigenvalue weighted by Gasteiger charge is -1.97. The van der Waals surface area contributed by atoms with Crippen LogP contribution in [0.1, 0.15) is 5.82 Å². The summed E-state index contributed by atoms with van der Waals surface area (Å²) in [7, 11) is 1.66. The number of pyridine rings is 1. The van der Waals surface area contributed by atoms with Crippen molar-refractivity contribution in [3.05, 3.63) is 34.8 Å². The molecule has 0 radical (unpaired) electrons. The number of hydrogen-bond acceptors (Lipinski definition) is 2. The zero-order valence-corrected chi connectivity index (χ0v) is 8.78. The van der Waals surface area contributed by atoms with Crippen molar-refractivity contribution in [3.63, 3.8) is 0 Å². The van der Waals surface area contributed by atoms with Crippen LogP contribution in [-0.2, 0) is 11.3 Å². The fraction of sp³-hybridized carbons (Fsp3) is 0.222. The van der Waals surface area contributed by atoms with Crippen molar-refractivity contribution in [2.75, 3.05) is 7.11 Å². The SMILES string of the molecule is COCc1nc(Br)c2ccccn12. The highest BCUT2D eigenvalue weighted by Gasteiger charge is 2.06. The Morgan fingerprint density at radius 2 is 2.38 bits per heavy atom. The topological polar surface area (TPSA) is 26.5 Å². The van der Waals surface area contributed by atoms with Crippen LogP contribution in [0.3, 0.4) is 0 Å². The quantitative estimate of drug-likeness (QED) is 0.806. The highest BCUT2D eigenvalue weighted by Crippen LogP contribution is 2.18. The van der Waals surface area contributed by atoms with Gasteiger partial charge in [-0.15, -0.1) is 0 Å². The predicted octanol–water partition coefficient (Wildman–Crippen LogP) is 2.24. The molecule has 0 aliphatic rings. The van der Waals surface area contributed by atoms with Gasteiger partial charge in [-0.05, 0) is 28.1 Å². The van der Waals surface area contributed by atoms with Crippen LogP contribution >= 0.6 is 15.9 Å². The van der Waals surface area contributed by atoms with Crippen LogP contribution in [-0.4, -0.2) is 16.5 Å². The molecule has 13 heavy (non-hydrogen) atoms. The average Bonchev–Trinajstić information content (AvgIpc) is 2.46. The first-order valence-electron chi connectivity index (χ1n) is 3.93. The second-order valence-corrected chi connectivity index (χ2v) is 3.46. The molecule has 2 aromatic rings. The Labute approximate surface area is 84.5 Å². The Bertz CT molecular complexity index is 424. The van der Waals surface area contributed by atoms with Crippen LogP contribution < -0.4 is 0 Å². The fourth-order valence-electron chi connectivity index (χ4n) is 1.29. The molecule has 2 aromatic heterocycles. The first-order valence-corrected chi connectivity index (χ1v) is 4.72. The number of methoxy groups -OCH3 is 1. The summed E-state index contributed by atoms with van der Waals surface area (Å²) < 4.78 is 7.91. The molecule has 0 bridgehead atoms. The van der Waals surface area contributed by atoms with Gasteiger partial charge in [0.25, 0.3) is 0 Å². The second kappa shape index (κ2) is 3.47. The zero-order chi connectivity index (χ0) is 9.26. The summed E-state index contributed by atoms with van der Waals surface area (Å²) >= 11 is 3.40. The van der Waals surface area contributed by atoms with E-state index in [1.807, 2.05) is 28.8 Å². The van der Waals surface area contributed by atoms with Crippen molar-refractivity contribution in [3.8, 4) is 0 Å². The molecular formula is C9H9BrN2O. The molecule has 0 fully saturated rings. The van der Waals surface area contributed by atoms with Gasteiger partial charge in [-0.3, -0.25) is 0 Å². The summed E-state index contributed by atoms with van der Waals surface area (Å²) in [5.41, 5.74) is 1.06. The normalized spacial score (nSPS) is 10.9. The number of nitrogens with zero attached hydrogens (tertiary/aromatic N) is 2. The standard InChI is InChI=1S/C9H9BrN2O/c1-13-6-8-11-9(10)7-4-2-3-5-12(7)8/h2-5H,6H2,1H3. The maximum atomic E-state index is 5.05. The minimum atomic E-state index is 0.525. The third-order valence-corrected chi connectivity index (χ3v) is 2.43. The monoisotopic (exact) mass is 240 g/mol. The van der Waals surface area contributed by atoms with Gasteiger partial charge in [0.1, 0.15) is 17.0 Å². The van der Waals surface area contributed by atoms with Crippen LogP contribution in [0.4, 0.5) is 0 Å². The molecule has 0 saturated heterocycles. The van der Waals surface area contributed by atoms with Crippen LogP contribution in [0.2, 0.25) is 0 Å². The van der Waals surface area contributed by atoms with Gasteiger partial charge in [0, 0.05) is 13.3 Å². The first-order chi connectivity index (χ1) is 6.33. The molecule has 3 nitrogen and oxygen atoms in total. The molecule has 2 rings (SSSR count). The summed E-state index contributed by atoms with van der Waals surface area (Å²) in [6.07, 6.45) is 1.97. The molecule has 0 aliphatic heterocycles. The minimum Gasteiger partial charge on any atom is -0.377 e. The smallest absolute Gasteiger partial charge is 0.140 e. The minimum absolute atomic E-state index is 0.525. The summed E-state index contributed by atoms with van der Waals surface area (Å²) in [6, 6.07) is 5.97. The van der Waals surface area contributed by atoms with Crippen molar-refractivity contribution in [1.29, 1.82) is 0 Å². The molecule has 0 saturated carbocycles. The van der Waals surface area contributed by atoms with Crippen molar-refractivity contribution < 1.29 is 4.74 Å². The van der Waals surface area contributed by atoms with Crippen LogP contribution in [0, 0.1) is 0 Å². The number of imidazole rings is 1. The van der Waals surface area contributed by atoms with E-state index in [1.54, 1.807) is 7.11 Å². The lowest BCUT2D eigenvalue weighted by atomic mass is 10.4. The molecular weight excluding hydrogens is 232 g/mol. The van der Waals surface area contributed by atoms with Gasteiger partial charge in [0.05, 0.1) is 5.52 Å². The lowest BCUT2D eigenvalue weighted by molar-refractivity contribution is 0.177. The van der Waals surface area contributed by atoms with E-state index in [2.05, 4.69) is 20.9 Å². The van der Waals surface area contributed by atoms with Gasteiger partial charge in [-0.1, -0.05) is 6.07 Å². The van der Waals surface area contributed by atoms with E-state index < -0.39 is 0 Å². The molecule has 0 spiro atoms. The van der Waals surface area contributed by atoms with Crippen molar-refractivity contribution in [2.24, 2.45) is 0 Å². The molecule has 2 heterocycles. The van der Waals surface area contributed by atoms with E-state index in [1.165, 1.54) is 0 Å². The van der Waals surface area contributed by atoms with Crippen LogP contribution in [0.5, 0.6) is 0 Å². The largest absolute Gasteiger partial charge is 0.377 e. The Kier molecular flexibility index (Phi) is 2.33. The Morgan fingerprint density at radius 1 is 1.54 bits per heavy atom. The molecule has 0 amide bonds. The maximum Gasteiger partial charge on any atom is 0.140 e. The predicted molar refractivity (Wildman–Crippen MR) is 53.6 cm³/mol. The number of rotatable bonds is 2. The third-order valence-electron chi connectivity index (χ3n) is 1.85. The molecule has 4 heteroatoms. The maximum absolute atomic E-state index is 5.05. The molecule has 0 N–H and O–H groups in total. The number of ether oxygens (including phenoxy) is 1. The van der Waals surface area contributed by atoms with Gasteiger partial charge in [-0.2, -0.15) is 0 Å². The van der Waals surface area contributed by atoms with Gasteiger partial charge < -0.3 is 9.14 Å². The summed E-state index contributed by atoms with van der Waals surface area (Å²) in [6.45, 7) is 0.525. The van der Waals surface area contributed by atoms with Gasteiger partial charge >= 0.3 is 0 Å². The van der Waals surface area contributed by atoms with E-state index >= 15 is 0 Å². The zero-order valence-electron chi connectivity index (χ0n) is 7.20. The third kappa shape index (κ3) is 1.47. The number of fused-ring (bicyclic) bond motifs is 1. The molecule has 0 aliphatic carbocycles. The summed E-state index contributed by atoms with van der Waals surface area (Å²) in [4.78, 5) is 4.33. The first kappa shape index (κ1) is 8.72. The average molecular weight is 241 g/mol. The Morgan fingerprint density at radius 3 is 3.15 bits per heavy atom.